The maximum atomic E-state index is 12.9. The standard InChI is InChI=1S/C16H22N3O5P/c1-4-22-25(21,23-5-2)15-10-14(24-19(15)3)16(20)18-13-8-6-12(11-17)7-9-13/h6-9,14-15H,4-5,10H2,1-3H3,(H,18,20)/t14-,15-/m1/s1. The Bertz CT molecular complexity index is 678. The quantitative estimate of drug-likeness (QED) is 0.740. The lowest BCUT2D eigenvalue weighted by atomic mass is 10.2. The van der Waals surface area contributed by atoms with Gasteiger partial charge in [0.05, 0.1) is 24.8 Å². The minimum absolute atomic E-state index is 0.190. The highest BCUT2D eigenvalue weighted by atomic mass is 31.2. The molecule has 1 amide bonds. The van der Waals surface area contributed by atoms with E-state index in [1.54, 1.807) is 45.2 Å². The van der Waals surface area contributed by atoms with Crippen molar-refractivity contribution < 1.29 is 23.2 Å². The third kappa shape index (κ3) is 4.66. The molecule has 0 bridgehead atoms. The van der Waals surface area contributed by atoms with E-state index in [0.717, 1.165) is 0 Å². The van der Waals surface area contributed by atoms with Gasteiger partial charge in [-0.15, -0.1) is 0 Å². The van der Waals surface area contributed by atoms with Crippen LogP contribution in [0.3, 0.4) is 0 Å². The molecule has 0 aromatic heterocycles. The van der Waals surface area contributed by atoms with E-state index in [0.29, 0.717) is 11.3 Å². The summed E-state index contributed by atoms with van der Waals surface area (Å²) in [7, 11) is -1.81. The van der Waals surface area contributed by atoms with E-state index in [9.17, 15) is 9.36 Å². The van der Waals surface area contributed by atoms with Crippen molar-refractivity contribution in [3.8, 4) is 6.07 Å². The first-order chi connectivity index (χ1) is 11.9. The molecule has 9 heteroatoms. The van der Waals surface area contributed by atoms with Gasteiger partial charge in [0.25, 0.3) is 5.91 Å². The Morgan fingerprint density at radius 3 is 2.48 bits per heavy atom. The first kappa shape index (κ1) is 19.6. The normalized spacial score (nSPS) is 21.0. The smallest absolute Gasteiger partial charge is 0.324 e. The highest BCUT2D eigenvalue weighted by molar-refractivity contribution is 7.54. The summed E-state index contributed by atoms with van der Waals surface area (Å²) < 4.78 is 23.6. The summed E-state index contributed by atoms with van der Waals surface area (Å²) in [4.78, 5) is 17.9. The van der Waals surface area contributed by atoms with Gasteiger partial charge in [-0.2, -0.15) is 10.3 Å². The van der Waals surface area contributed by atoms with Gasteiger partial charge in [0.15, 0.2) is 6.10 Å². The van der Waals surface area contributed by atoms with Crippen molar-refractivity contribution >= 4 is 19.2 Å². The topological polar surface area (TPSA) is 101 Å². The van der Waals surface area contributed by atoms with E-state index >= 15 is 0 Å². The molecule has 1 aliphatic heterocycles. The van der Waals surface area contributed by atoms with Crippen molar-refractivity contribution in [2.45, 2.75) is 32.2 Å². The summed E-state index contributed by atoms with van der Waals surface area (Å²) in [5, 5.41) is 12.9. The minimum Gasteiger partial charge on any atom is -0.324 e. The Morgan fingerprint density at radius 2 is 1.96 bits per heavy atom. The highest BCUT2D eigenvalue weighted by Crippen LogP contribution is 2.57. The lowest BCUT2D eigenvalue weighted by Gasteiger charge is -2.25. The maximum absolute atomic E-state index is 12.9. The van der Waals surface area contributed by atoms with Gasteiger partial charge in [0.2, 0.25) is 0 Å². The van der Waals surface area contributed by atoms with Crippen LogP contribution in [0.2, 0.25) is 0 Å². The highest BCUT2D eigenvalue weighted by Gasteiger charge is 2.48. The van der Waals surface area contributed by atoms with Crippen LogP contribution in [0.15, 0.2) is 24.3 Å². The first-order valence-corrected chi connectivity index (χ1v) is 9.64. The molecule has 0 spiro atoms. The van der Waals surface area contributed by atoms with Gasteiger partial charge in [0.1, 0.15) is 5.78 Å². The van der Waals surface area contributed by atoms with Crippen LogP contribution in [0, 0.1) is 11.3 Å². The van der Waals surface area contributed by atoms with E-state index in [4.69, 9.17) is 19.1 Å². The predicted molar refractivity (Wildman–Crippen MR) is 91.7 cm³/mol. The van der Waals surface area contributed by atoms with Crippen LogP contribution in [0.5, 0.6) is 0 Å². The zero-order chi connectivity index (χ0) is 18.4. The van der Waals surface area contributed by atoms with Gasteiger partial charge in [-0.1, -0.05) is 0 Å². The monoisotopic (exact) mass is 367 g/mol. The molecule has 1 heterocycles. The Kier molecular flexibility index (Phi) is 6.71. The van der Waals surface area contributed by atoms with Crippen molar-refractivity contribution in [2.75, 3.05) is 25.6 Å². The van der Waals surface area contributed by atoms with Crippen LogP contribution >= 0.6 is 7.60 Å². The average Bonchev–Trinajstić information content (AvgIpc) is 2.99. The van der Waals surface area contributed by atoms with Gasteiger partial charge >= 0.3 is 7.60 Å². The minimum atomic E-state index is -3.41. The van der Waals surface area contributed by atoms with Gasteiger partial charge in [-0.3, -0.25) is 14.2 Å². The second kappa shape index (κ2) is 8.56. The molecule has 1 aliphatic rings. The SMILES string of the molecule is CCOP(=O)(OCC)[C@@H]1C[C@H](C(=O)Nc2ccc(C#N)cc2)ON1C. The number of nitriles is 1. The molecular weight excluding hydrogens is 345 g/mol. The van der Waals surface area contributed by atoms with Crippen LogP contribution in [0.1, 0.15) is 25.8 Å². The molecule has 2 atom stereocenters. The van der Waals surface area contributed by atoms with E-state index in [1.807, 2.05) is 6.07 Å². The zero-order valence-corrected chi connectivity index (χ0v) is 15.4. The van der Waals surface area contributed by atoms with E-state index in [2.05, 4.69) is 5.32 Å². The molecule has 1 fully saturated rings. The van der Waals surface area contributed by atoms with Crippen LogP contribution in [-0.2, 0) is 23.2 Å². The van der Waals surface area contributed by atoms with Crippen LogP contribution in [0.25, 0.3) is 0 Å². The third-order valence-electron chi connectivity index (χ3n) is 3.70. The summed E-state index contributed by atoms with van der Waals surface area (Å²) >= 11 is 0. The van der Waals surface area contributed by atoms with Gasteiger partial charge < -0.3 is 14.4 Å². The molecule has 0 radical (unpaired) electrons. The fourth-order valence-corrected chi connectivity index (χ4v) is 4.60. The first-order valence-electron chi connectivity index (χ1n) is 8.03. The molecule has 25 heavy (non-hydrogen) atoms. The lowest BCUT2D eigenvalue weighted by Crippen LogP contribution is -2.28. The summed E-state index contributed by atoms with van der Waals surface area (Å²) in [6.45, 7) is 3.95. The summed E-state index contributed by atoms with van der Waals surface area (Å²) in [6.07, 6.45) is -0.615. The number of anilines is 1. The maximum Gasteiger partial charge on any atom is 0.350 e. The summed E-state index contributed by atoms with van der Waals surface area (Å²) in [5.74, 6) is -1.01. The Labute approximate surface area is 147 Å². The van der Waals surface area contributed by atoms with Gasteiger partial charge in [-0.25, -0.2) is 0 Å². The number of benzene rings is 1. The number of carbonyl (C=O) groups is 1. The van der Waals surface area contributed by atoms with Gasteiger partial charge in [0, 0.05) is 19.2 Å². The number of hydroxylamine groups is 2. The van der Waals surface area contributed by atoms with Gasteiger partial charge in [-0.05, 0) is 38.1 Å². The fourth-order valence-electron chi connectivity index (χ4n) is 2.56. The van der Waals surface area contributed by atoms with Crippen LogP contribution in [0.4, 0.5) is 5.69 Å². The van der Waals surface area contributed by atoms with Crippen LogP contribution in [-0.4, -0.2) is 43.1 Å². The molecule has 0 saturated carbocycles. The number of carbonyl (C=O) groups excluding carboxylic acids is 1. The lowest BCUT2D eigenvalue weighted by molar-refractivity contribution is -0.155. The second-order valence-electron chi connectivity index (χ2n) is 5.41. The molecule has 1 N–H and O–H groups in total. The van der Waals surface area contributed by atoms with Crippen molar-refractivity contribution in [1.29, 1.82) is 5.26 Å². The number of nitrogens with one attached hydrogen (secondary N) is 1. The molecule has 2 rings (SSSR count). The molecule has 1 saturated heterocycles. The Hall–Kier alpha value is -1.75. The molecule has 1 aromatic rings. The largest absolute Gasteiger partial charge is 0.350 e. The average molecular weight is 367 g/mol. The summed E-state index contributed by atoms with van der Waals surface area (Å²) in [6, 6.07) is 8.50. The van der Waals surface area contributed by atoms with E-state index in [-0.39, 0.29) is 25.5 Å². The Morgan fingerprint density at radius 1 is 1.36 bits per heavy atom. The fraction of sp³-hybridized carbons (Fsp3) is 0.500. The van der Waals surface area contributed by atoms with Crippen LogP contribution < -0.4 is 5.32 Å². The molecule has 0 unspecified atom stereocenters. The second-order valence-corrected chi connectivity index (χ2v) is 7.60. The number of rotatable bonds is 7. The van der Waals surface area contributed by atoms with Crippen molar-refractivity contribution in [2.24, 2.45) is 0 Å². The molecule has 0 aliphatic carbocycles. The Balaban J connectivity index is 2.05. The predicted octanol–water partition coefficient (Wildman–Crippen LogP) is 2.72. The zero-order valence-electron chi connectivity index (χ0n) is 14.5. The van der Waals surface area contributed by atoms with E-state index < -0.39 is 19.5 Å². The number of amides is 1. The number of hydrogen-bond donors (Lipinski definition) is 1. The van der Waals surface area contributed by atoms with Crippen molar-refractivity contribution in [3.05, 3.63) is 29.8 Å². The summed E-state index contributed by atoms with van der Waals surface area (Å²) in [5.41, 5.74) is 1.06. The number of hydrogen-bond acceptors (Lipinski definition) is 7. The third-order valence-corrected chi connectivity index (χ3v) is 6.20. The molecular formula is C16H22N3O5P. The number of nitrogens with zero attached hydrogens (tertiary/aromatic N) is 2. The molecule has 8 nitrogen and oxygen atoms in total. The van der Waals surface area contributed by atoms with Crippen molar-refractivity contribution in [1.82, 2.24) is 5.06 Å². The van der Waals surface area contributed by atoms with E-state index in [1.165, 1.54) is 5.06 Å². The molecule has 1 aromatic carbocycles. The van der Waals surface area contributed by atoms with Crippen molar-refractivity contribution in [3.63, 3.8) is 0 Å². The molecule has 136 valence electrons.